The van der Waals surface area contributed by atoms with Crippen LogP contribution in [-0.2, 0) is 16.1 Å². The van der Waals surface area contributed by atoms with E-state index < -0.39 is 0 Å². The molecule has 2 heterocycles. The van der Waals surface area contributed by atoms with Crippen LogP contribution in [0.1, 0.15) is 17.2 Å². The number of likely N-dealkylation sites (tertiary alicyclic amines) is 1. The van der Waals surface area contributed by atoms with Crippen LogP contribution in [0.15, 0.2) is 30.5 Å². The maximum Gasteiger partial charge on any atom is 0.236 e. The maximum absolute atomic E-state index is 12.6. The van der Waals surface area contributed by atoms with Crippen LogP contribution in [0, 0.1) is 0 Å². The van der Waals surface area contributed by atoms with Crippen LogP contribution in [-0.4, -0.2) is 78.1 Å². The maximum atomic E-state index is 12.6. The Hall–Kier alpha value is -2.45. The molecule has 1 N–H and O–H groups in total. The van der Waals surface area contributed by atoms with Crippen molar-refractivity contribution in [3.63, 3.8) is 0 Å². The van der Waals surface area contributed by atoms with Crippen LogP contribution < -0.4 is 4.74 Å². The van der Waals surface area contributed by atoms with E-state index in [9.17, 15) is 4.79 Å². The van der Waals surface area contributed by atoms with Crippen molar-refractivity contribution < 1.29 is 14.3 Å². The number of aromatic amines is 1. The number of carbonyl (C=O) groups excluding carboxylic acids is 1. The molecular weight excluding hydrogens is 334 g/mol. The van der Waals surface area contributed by atoms with Gasteiger partial charge in [0.2, 0.25) is 5.91 Å². The highest BCUT2D eigenvalue weighted by Crippen LogP contribution is 2.27. The summed E-state index contributed by atoms with van der Waals surface area (Å²) in [5.74, 6) is 0.986. The molecule has 1 saturated heterocycles. The Morgan fingerprint density at radius 3 is 2.92 bits per heavy atom. The normalized spacial score (nSPS) is 20.3. The van der Waals surface area contributed by atoms with Gasteiger partial charge in [0.05, 0.1) is 31.6 Å². The van der Waals surface area contributed by atoms with Gasteiger partial charge in [-0.2, -0.15) is 15.4 Å². The number of carbonyl (C=O) groups is 1. The number of H-pyrrole nitrogens is 1. The molecule has 1 fully saturated rings. The van der Waals surface area contributed by atoms with E-state index in [1.165, 1.54) is 0 Å². The number of hydrogen-bond donors (Lipinski definition) is 1. The summed E-state index contributed by atoms with van der Waals surface area (Å²) >= 11 is 0. The first-order valence-corrected chi connectivity index (χ1v) is 8.58. The minimum Gasteiger partial charge on any atom is -0.497 e. The Morgan fingerprint density at radius 2 is 2.23 bits per heavy atom. The Balaban J connectivity index is 1.57. The molecule has 1 aromatic heterocycles. The van der Waals surface area contributed by atoms with Crippen molar-refractivity contribution in [3.8, 4) is 5.75 Å². The molecule has 1 aliphatic heterocycles. The molecule has 0 bridgehead atoms. The first kappa shape index (κ1) is 18.3. The number of hydrogen-bond acceptors (Lipinski definition) is 6. The second-order valence-electron chi connectivity index (χ2n) is 6.57. The molecule has 2 atom stereocenters. The van der Waals surface area contributed by atoms with E-state index >= 15 is 0 Å². The van der Waals surface area contributed by atoms with Gasteiger partial charge in [-0.05, 0) is 17.7 Å². The molecule has 140 valence electrons. The second-order valence-corrected chi connectivity index (χ2v) is 6.57. The van der Waals surface area contributed by atoms with Gasteiger partial charge in [0.25, 0.3) is 0 Å². The highest BCUT2D eigenvalue weighted by molar-refractivity contribution is 5.78. The first-order valence-electron chi connectivity index (χ1n) is 8.58. The summed E-state index contributed by atoms with van der Waals surface area (Å²) in [5, 5.41) is 10.7. The molecule has 8 heteroatoms. The predicted octanol–water partition coefficient (Wildman–Crippen LogP) is 0.886. The van der Waals surface area contributed by atoms with Crippen LogP contribution in [0.3, 0.4) is 0 Å². The summed E-state index contributed by atoms with van der Waals surface area (Å²) in [6.45, 7) is 2.33. The zero-order valence-corrected chi connectivity index (χ0v) is 15.4. The van der Waals surface area contributed by atoms with Gasteiger partial charge in [0.1, 0.15) is 5.75 Å². The number of likely N-dealkylation sites (N-methyl/N-ethyl adjacent to an activating group) is 1. The molecule has 0 unspecified atom stereocenters. The smallest absolute Gasteiger partial charge is 0.236 e. The topological polar surface area (TPSA) is 83.6 Å². The summed E-state index contributed by atoms with van der Waals surface area (Å²) in [4.78, 5) is 16.5. The molecule has 0 aliphatic carbocycles. The predicted molar refractivity (Wildman–Crippen MR) is 95.8 cm³/mol. The van der Waals surface area contributed by atoms with Gasteiger partial charge in [-0.3, -0.25) is 9.69 Å². The number of aromatic nitrogens is 3. The largest absolute Gasteiger partial charge is 0.497 e. The summed E-state index contributed by atoms with van der Waals surface area (Å²) in [7, 11) is 5.15. The molecule has 1 aliphatic rings. The van der Waals surface area contributed by atoms with E-state index in [1.807, 2.05) is 31.3 Å². The molecule has 26 heavy (non-hydrogen) atoms. The van der Waals surface area contributed by atoms with Crippen molar-refractivity contribution in [2.45, 2.75) is 18.6 Å². The zero-order chi connectivity index (χ0) is 18.5. The number of amides is 1. The number of nitrogens with zero attached hydrogens (tertiary/aromatic N) is 4. The Labute approximate surface area is 153 Å². The number of nitrogens with one attached hydrogen (secondary N) is 1. The van der Waals surface area contributed by atoms with Gasteiger partial charge in [0.15, 0.2) is 0 Å². The quantitative estimate of drug-likeness (QED) is 0.790. The first-order chi connectivity index (χ1) is 12.6. The van der Waals surface area contributed by atoms with Crippen molar-refractivity contribution in [2.24, 2.45) is 0 Å². The third-order valence-electron chi connectivity index (χ3n) is 4.80. The van der Waals surface area contributed by atoms with Gasteiger partial charge in [0, 0.05) is 39.7 Å². The number of methoxy groups -OCH3 is 2. The summed E-state index contributed by atoms with van der Waals surface area (Å²) < 4.78 is 10.8. The van der Waals surface area contributed by atoms with Crippen LogP contribution in [0.25, 0.3) is 0 Å². The van der Waals surface area contributed by atoms with Crippen molar-refractivity contribution in [2.75, 3.05) is 40.9 Å². The fourth-order valence-corrected chi connectivity index (χ4v) is 3.34. The lowest BCUT2D eigenvalue weighted by atomic mass is 10.0. The second kappa shape index (κ2) is 8.29. The SMILES string of the molecule is COc1cccc(CN(C)C(=O)CN2C[C@@H](OC)[C@H](c3cn[nH]n3)C2)c1. The van der Waals surface area contributed by atoms with Crippen molar-refractivity contribution in [3.05, 3.63) is 41.7 Å². The average molecular weight is 359 g/mol. The van der Waals surface area contributed by atoms with Gasteiger partial charge < -0.3 is 14.4 Å². The summed E-state index contributed by atoms with van der Waals surface area (Å²) in [5.41, 5.74) is 1.91. The van der Waals surface area contributed by atoms with Crippen molar-refractivity contribution in [1.82, 2.24) is 25.2 Å². The average Bonchev–Trinajstić information content (AvgIpc) is 3.30. The van der Waals surface area contributed by atoms with Gasteiger partial charge in [-0.1, -0.05) is 12.1 Å². The van der Waals surface area contributed by atoms with Crippen LogP contribution in [0.2, 0.25) is 0 Å². The van der Waals surface area contributed by atoms with E-state index in [4.69, 9.17) is 9.47 Å². The Bertz CT molecular complexity index is 721. The fraction of sp³-hybridized carbons (Fsp3) is 0.500. The van der Waals surface area contributed by atoms with E-state index in [0.717, 1.165) is 23.6 Å². The third kappa shape index (κ3) is 4.20. The molecule has 0 radical (unpaired) electrons. The van der Waals surface area contributed by atoms with Crippen LogP contribution in [0.5, 0.6) is 5.75 Å². The monoisotopic (exact) mass is 359 g/mol. The number of rotatable bonds is 7. The highest BCUT2D eigenvalue weighted by atomic mass is 16.5. The Kier molecular flexibility index (Phi) is 5.85. The molecule has 2 aromatic rings. The molecular formula is C18H25N5O3. The Morgan fingerprint density at radius 1 is 1.38 bits per heavy atom. The van der Waals surface area contributed by atoms with E-state index in [2.05, 4.69) is 20.3 Å². The minimum atomic E-state index is 0.0107. The lowest BCUT2D eigenvalue weighted by Gasteiger charge is -2.21. The summed E-state index contributed by atoms with van der Waals surface area (Å²) in [6.07, 6.45) is 1.73. The lowest BCUT2D eigenvalue weighted by molar-refractivity contribution is -0.131. The lowest BCUT2D eigenvalue weighted by Crippen LogP contribution is -2.37. The van der Waals surface area contributed by atoms with Crippen molar-refractivity contribution in [1.29, 1.82) is 0 Å². The van der Waals surface area contributed by atoms with Gasteiger partial charge in [-0.15, -0.1) is 0 Å². The molecule has 1 aromatic carbocycles. The zero-order valence-electron chi connectivity index (χ0n) is 15.4. The summed E-state index contributed by atoms with van der Waals surface area (Å²) in [6, 6.07) is 7.76. The highest BCUT2D eigenvalue weighted by Gasteiger charge is 2.36. The van der Waals surface area contributed by atoms with E-state index in [1.54, 1.807) is 25.3 Å². The fourth-order valence-electron chi connectivity index (χ4n) is 3.34. The third-order valence-corrected chi connectivity index (χ3v) is 4.80. The number of benzene rings is 1. The van der Waals surface area contributed by atoms with E-state index in [0.29, 0.717) is 19.6 Å². The van der Waals surface area contributed by atoms with Crippen molar-refractivity contribution >= 4 is 5.91 Å². The van der Waals surface area contributed by atoms with Crippen LogP contribution in [0.4, 0.5) is 0 Å². The molecule has 3 rings (SSSR count). The van der Waals surface area contributed by atoms with Gasteiger partial charge in [-0.25, -0.2) is 0 Å². The molecule has 1 amide bonds. The molecule has 0 saturated carbocycles. The standard InChI is InChI=1S/C18H25N5O3/c1-22(9-13-5-4-6-14(7-13)25-2)18(24)12-23-10-15(17(11-23)26-3)16-8-19-21-20-16/h4-8,15,17H,9-12H2,1-3H3,(H,19,20,21)/t15-,17+/m0/s1. The molecule has 0 spiro atoms. The minimum absolute atomic E-state index is 0.0107. The van der Waals surface area contributed by atoms with Gasteiger partial charge >= 0.3 is 0 Å². The van der Waals surface area contributed by atoms with Crippen LogP contribution >= 0.6 is 0 Å². The molecule has 8 nitrogen and oxygen atoms in total. The number of ether oxygens (including phenoxy) is 2. The van der Waals surface area contributed by atoms with E-state index in [-0.39, 0.29) is 17.9 Å².